The van der Waals surface area contributed by atoms with Crippen LogP contribution in [0.4, 0.5) is 5.69 Å². The molecule has 1 aliphatic heterocycles. The molecule has 1 heterocycles. The van der Waals surface area contributed by atoms with Crippen LogP contribution in [-0.4, -0.2) is 68.7 Å². The highest BCUT2D eigenvalue weighted by Crippen LogP contribution is 2.40. The summed E-state index contributed by atoms with van der Waals surface area (Å²) >= 11 is 5.64. The zero-order valence-corrected chi connectivity index (χ0v) is 20.1. The Hall–Kier alpha value is -2.16. The first-order valence-corrected chi connectivity index (χ1v) is 11.6. The number of carbonyl (C=O) groups excluding carboxylic acids is 2. The maximum absolute atomic E-state index is 11.3. The van der Waals surface area contributed by atoms with E-state index >= 15 is 0 Å². The van der Waals surface area contributed by atoms with Crippen LogP contribution in [0.3, 0.4) is 0 Å². The van der Waals surface area contributed by atoms with Crippen LogP contribution in [0.15, 0.2) is 24.3 Å². The lowest BCUT2D eigenvalue weighted by Crippen LogP contribution is -2.60. The Morgan fingerprint density at radius 2 is 1.88 bits per heavy atom. The van der Waals surface area contributed by atoms with Crippen molar-refractivity contribution in [1.29, 1.82) is 5.41 Å². The van der Waals surface area contributed by atoms with E-state index in [0.717, 1.165) is 49.5 Å². The number of nitrogens with zero attached hydrogens (tertiary/aromatic N) is 1. The summed E-state index contributed by atoms with van der Waals surface area (Å²) in [6.45, 7) is 3.10. The number of piperidine rings is 1. The number of amides is 1. The van der Waals surface area contributed by atoms with Crippen molar-refractivity contribution >= 4 is 35.8 Å². The minimum absolute atomic E-state index is 0.164. The van der Waals surface area contributed by atoms with Crippen molar-refractivity contribution in [3.05, 3.63) is 29.3 Å². The minimum atomic E-state index is -0.468. The molecule has 1 aliphatic carbocycles. The molecule has 2 fully saturated rings. The highest BCUT2D eigenvalue weighted by Gasteiger charge is 2.42. The predicted molar refractivity (Wildman–Crippen MR) is 133 cm³/mol. The molecule has 1 amide bonds. The number of likely N-dealkylation sites (N-methyl/N-ethyl adjacent to an activating group) is 1. The normalized spacial score (nSPS) is 19.4. The standard InChI is InChI=1S/C15H27N3O2.C7H8ClN.CH4N2/c1-16-8-10-18-9-5-13(17-14(20)12-19)11-15(18)6-3-2-4-7-15;1-9-7-4-2-6(8)3-5-7;2-1-3/h12-13,16H,2-11H2,1H3,(H,17,20);2-5,9H,1H3;1H,(H3,2,3). The number of rotatable bonds is 6. The number of likely N-dealkylation sites (tertiary alicyclic amines) is 1. The molecule has 0 radical (unpaired) electrons. The lowest BCUT2D eigenvalue weighted by atomic mass is 9.73. The number of halogens is 1. The van der Waals surface area contributed by atoms with Gasteiger partial charge in [0.1, 0.15) is 0 Å². The highest BCUT2D eigenvalue weighted by atomic mass is 35.5. The molecule has 1 atom stereocenters. The fourth-order valence-corrected chi connectivity index (χ4v) is 4.67. The number of nitrogens with one attached hydrogen (secondary N) is 4. The molecule has 1 saturated carbocycles. The summed E-state index contributed by atoms with van der Waals surface area (Å²) in [5.41, 5.74) is 5.72. The van der Waals surface area contributed by atoms with E-state index in [1.54, 1.807) is 0 Å². The zero-order valence-electron chi connectivity index (χ0n) is 19.3. The molecule has 1 aromatic carbocycles. The fourth-order valence-electron chi connectivity index (χ4n) is 4.54. The SMILES string of the molecule is CNCCN1CCC(NC(=O)C=O)CC12CCCCC2.CNc1ccc(Cl)cc1.N=CN. The highest BCUT2D eigenvalue weighted by molar-refractivity contribution is 6.30. The second-order valence-corrected chi connectivity index (χ2v) is 8.55. The Bertz CT molecular complexity index is 680. The van der Waals surface area contributed by atoms with Crippen molar-refractivity contribution in [3.8, 4) is 0 Å². The monoisotopic (exact) mass is 466 g/mol. The summed E-state index contributed by atoms with van der Waals surface area (Å²) in [5.74, 6) is -0.468. The number of nitrogens with two attached hydrogens (primary N) is 1. The van der Waals surface area contributed by atoms with E-state index < -0.39 is 5.91 Å². The first-order chi connectivity index (χ1) is 15.4. The van der Waals surface area contributed by atoms with E-state index in [1.807, 2.05) is 38.4 Å². The molecule has 8 nitrogen and oxygen atoms in total. The number of benzene rings is 1. The third-order valence-corrected chi connectivity index (χ3v) is 6.30. The van der Waals surface area contributed by atoms with E-state index in [9.17, 15) is 9.59 Å². The van der Waals surface area contributed by atoms with Gasteiger partial charge in [0.25, 0.3) is 5.91 Å². The molecule has 0 bridgehead atoms. The Labute approximate surface area is 197 Å². The van der Waals surface area contributed by atoms with E-state index in [-0.39, 0.29) is 11.6 Å². The Balaban J connectivity index is 0.000000354. The first-order valence-electron chi connectivity index (χ1n) is 11.2. The zero-order chi connectivity index (χ0) is 23.8. The molecule has 1 spiro atoms. The van der Waals surface area contributed by atoms with E-state index in [1.165, 1.54) is 32.1 Å². The molecule has 6 N–H and O–H groups in total. The van der Waals surface area contributed by atoms with Crippen LogP contribution in [0.1, 0.15) is 44.9 Å². The van der Waals surface area contributed by atoms with Crippen molar-refractivity contribution in [2.45, 2.75) is 56.5 Å². The fraction of sp³-hybridized carbons (Fsp3) is 0.609. The number of hydrogen-bond acceptors (Lipinski definition) is 6. The van der Waals surface area contributed by atoms with E-state index in [0.29, 0.717) is 6.29 Å². The number of carbonyl (C=O) groups is 2. The minimum Gasteiger partial charge on any atom is -0.390 e. The van der Waals surface area contributed by atoms with Gasteiger partial charge in [-0.15, -0.1) is 0 Å². The van der Waals surface area contributed by atoms with Gasteiger partial charge in [-0.25, -0.2) is 0 Å². The van der Waals surface area contributed by atoms with Crippen LogP contribution < -0.4 is 21.7 Å². The van der Waals surface area contributed by atoms with Gasteiger partial charge in [-0.1, -0.05) is 30.9 Å². The molecule has 32 heavy (non-hydrogen) atoms. The summed E-state index contributed by atoms with van der Waals surface area (Å²) in [5, 5.41) is 15.7. The van der Waals surface area contributed by atoms with Gasteiger partial charge in [-0.2, -0.15) is 0 Å². The van der Waals surface area contributed by atoms with Gasteiger partial charge < -0.3 is 21.7 Å². The molecule has 0 aromatic heterocycles. The van der Waals surface area contributed by atoms with E-state index in [2.05, 4.69) is 26.6 Å². The molecule has 180 valence electrons. The molecule has 1 unspecified atom stereocenters. The van der Waals surface area contributed by atoms with Gasteiger partial charge in [0, 0.05) is 49.0 Å². The van der Waals surface area contributed by atoms with Crippen LogP contribution in [0.25, 0.3) is 0 Å². The molecular formula is C23H39ClN6O2. The van der Waals surface area contributed by atoms with Crippen molar-refractivity contribution in [2.24, 2.45) is 5.73 Å². The average molecular weight is 467 g/mol. The number of hydrogen-bond donors (Lipinski definition) is 5. The van der Waals surface area contributed by atoms with Crippen LogP contribution in [0.2, 0.25) is 5.02 Å². The molecule has 1 aromatic rings. The predicted octanol–water partition coefficient (Wildman–Crippen LogP) is 2.62. The first kappa shape index (κ1) is 27.9. The lowest BCUT2D eigenvalue weighted by molar-refractivity contribution is -0.132. The summed E-state index contributed by atoms with van der Waals surface area (Å²) in [6.07, 6.45) is 9.43. The van der Waals surface area contributed by atoms with Gasteiger partial charge in [0.15, 0.2) is 0 Å². The van der Waals surface area contributed by atoms with Gasteiger partial charge >= 0.3 is 0 Å². The third-order valence-electron chi connectivity index (χ3n) is 6.05. The summed E-state index contributed by atoms with van der Waals surface area (Å²) in [6, 6.07) is 7.74. The lowest BCUT2D eigenvalue weighted by Gasteiger charge is -2.52. The maximum Gasteiger partial charge on any atom is 0.284 e. The van der Waals surface area contributed by atoms with Crippen molar-refractivity contribution in [1.82, 2.24) is 15.5 Å². The average Bonchev–Trinajstić information content (AvgIpc) is 2.80. The van der Waals surface area contributed by atoms with Gasteiger partial charge in [0.05, 0.1) is 6.34 Å². The van der Waals surface area contributed by atoms with Gasteiger partial charge in [0.2, 0.25) is 6.29 Å². The Morgan fingerprint density at radius 3 is 2.41 bits per heavy atom. The summed E-state index contributed by atoms with van der Waals surface area (Å²) in [7, 11) is 3.87. The quantitative estimate of drug-likeness (QED) is 0.190. The molecular weight excluding hydrogens is 428 g/mol. The van der Waals surface area contributed by atoms with Gasteiger partial charge in [-0.3, -0.25) is 19.9 Å². The number of aldehydes is 1. The van der Waals surface area contributed by atoms with Crippen LogP contribution in [0, 0.1) is 5.41 Å². The Kier molecular flexibility index (Phi) is 13.6. The van der Waals surface area contributed by atoms with Crippen LogP contribution in [-0.2, 0) is 9.59 Å². The third kappa shape index (κ3) is 9.54. The number of anilines is 1. The second-order valence-electron chi connectivity index (χ2n) is 8.12. The maximum atomic E-state index is 11.3. The van der Waals surface area contributed by atoms with Crippen LogP contribution in [0.5, 0.6) is 0 Å². The summed E-state index contributed by atoms with van der Waals surface area (Å²) in [4.78, 5) is 24.4. The van der Waals surface area contributed by atoms with E-state index in [4.69, 9.17) is 17.0 Å². The Morgan fingerprint density at radius 1 is 1.25 bits per heavy atom. The van der Waals surface area contributed by atoms with Crippen LogP contribution >= 0.6 is 11.6 Å². The molecule has 3 rings (SSSR count). The molecule has 9 heteroatoms. The summed E-state index contributed by atoms with van der Waals surface area (Å²) < 4.78 is 0. The second kappa shape index (κ2) is 15.6. The molecule has 2 aliphatic rings. The largest absolute Gasteiger partial charge is 0.390 e. The van der Waals surface area contributed by atoms with Crippen molar-refractivity contribution in [3.63, 3.8) is 0 Å². The smallest absolute Gasteiger partial charge is 0.284 e. The van der Waals surface area contributed by atoms with Gasteiger partial charge in [-0.05, 0) is 57.0 Å². The van der Waals surface area contributed by atoms with Crippen molar-refractivity contribution in [2.75, 3.05) is 39.0 Å². The topological polar surface area (TPSA) is 123 Å². The molecule has 1 saturated heterocycles. The van der Waals surface area contributed by atoms with Crippen molar-refractivity contribution < 1.29 is 9.59 Å².